The quantitative estimate of drug-likeness (QED) is 0.775. The summed E-state index contributed by atoms with van der Waals surface area (Å²) < 4.78 is 19.4. The molecule has 3 aliphatic rings. The van der Waals surface area contributed by atoms with Crippen LogP contribution in [-0.4, -0.2) is 49.7 Å². The summed E-state index contributed by atoms with van der Waals surface area (Å²) in [6.07, 6.45) is 3.35. The molecule has 2 fully saturated rings. The first-order chi connectivity index (χ1) is 14.6. The van der Waals surface area contributed by atoms with E-state index in [2.05, 4.69) is 34.6 Å². The Hall–Kier alpha value is -2.31. The molecule has 5 rings (SSSR count). The monoisotopic (exact) mass is 410 g/mol. The first-order valence-corrected chi connectivity index (χ1v) is 11.1. The Morgan fingerprint density at radius 1 is 1.20 bits per heavy atom. The predicted octanol–water partition coefficient (Wildman–Crippen LogP) is 3.16. The molecule has 2 atom stereocenters. The predicted molar refractivity (Wildman–Crippen MR) is 117 cm³/mol. The van der Waals surface area contributed by atoms with Crippen molar-refractivity contribution in [2.24, 2.45) is 0 Å². The zero-order valence-electron chi connectivity index (χ0n) is 17.9. The summed E-state index contributed by atoms with van der Waals surface area (Å²) in [5, 5.41) is 0. The number of fused-ring (bicyclic) bond motifs is 3. The largest absolute Gasteiger partial charge is 0.476 e. The molecule has 160 valence electrons. The molecule has 2 aromatic rings. The van der Waals surface area contributed by atoms with Crippen LogP contribution in [0.3, 0.4) is 0 Å². The second-order valence-corrected chi connectivity index (χ2v) is 8.63. The standard InChI is InChI=1S/C24H30N2O4/c1-16-4-3-8-25(16)19-5-6-21-18(12-19)7-9-26-23(13-22(27)17(2)24(21)26)30-15-20-14-28-10-11-29-20/h5-6,12-13,16,20H,3-4,7-11,14-15H2,1-2H3/t16-,20+/m1/s1. The molecule has 0 amide bonds. The van der Waals surface area contributed by atoms with Crippen LogP contribution in [0.15, 0.2) is 29.1 Å². The van der Waals surface area contributed by atoms with E-state index in [4.69, 9.17) is 14.2 Å². The molecule has 0 bridgehead atoms. The molecule has 1 aromatic carbocycles. The molecule has 30 heavy (non-hydrogen) atoms. The third-order valence-electron chi connectivity index (χ3n) is 6.65. The highest BCUT2D eigenvalue weighted by Crippen LogP contribution is 2.37. The number of anilines is 1. The van der Waals surface area contributed by atoms with Gasteiger partial charge >= 0.3 is 0 Å². The molecule has 2 saturated heterocycles. The second-order valence-electron chi connectivity index (χ2n) is 8.63. The summed E-state index contributed by atoms with van der Waals surface area (Å²) in [7, 11) is 0. The lowest BCUT2D eigenvalue weighted by atomic mass is 9.94. The Bertz CT molecular complexity index is 993. The summed E-state index contributed by atoms with van der Waals surface area (Å²) in [6, 6.07) is 8.93. The number of aromatic nitrogens is 1. The van der Waals surface area contributed by atoms with Crippen LogP contribution in [0.2, 0.25) is 0 Å². The Morgan fingerprint density at radius 2 is 2.10 bits per heavy atom. The molecule has 1 aromatic heterocycles. The van der Waals surface area contributed by atoms with Gasteiger partial charge in [-0.2, -0.15) is 0 Å². The van der Waals surface area contributed by atoms with Crippen molar-refractivity contribution < 1.29 is 14.2 Å². The fraction of sp³-hybridized carbons (Fsp3) is 0.542. The van der Waals surface area contributed by atoms with E-state index in [0.29, 0.717) is 38.3 Å². The first kappa shape index (κ1) is 19.6. The average Bonchev–Trinajstić information content (AvgIpc) is 3.21. The van der Waals surface area contributed by atoms with E-state index in [1.165, 1.54) is 24.1 Å². The summed E-state index contributed by atoms with van der Waals surface area (Å²) in [4.78, 5) is 15.2. The third-order valence-corrected chi connectivity index (χ3v) is 6.65. The van der Waals surface area contributed by atoms with Gasteiger partial charge in [0.25, 0.3) is 0 Å². The molecule has 0 N–H and O–H groups in total. The SMILES string of the molecule is Cc1c2n(c(OC[C@@H]3COCCO3)cc1=O)CCc1cc(N3CCC[C@H]3C)ccc1-2. The van der Waals surface area contributed by atoms with Crippen molar-refractivity contribution in [3.63, 3.8) is 0 Å². The summed E-state index contributed by atoms with van der Waals surface area (Å²) >= 11 is 0. The van der Waals surface area contributed by atoms with Crippen LogP contribution in [0.25, 0.3) is 11.3 Å². The second kappa shape index (κ2) is 8.08. The van der Waals surface area contributed by atoms with E-state index in [1.54, 1.807) is 6.07 Å². The Balaban J connectivity index is 1.47. The summed E-state index contributed by atoms with van der Waals surface area (Å²) in [5.74, 6) is 0.623. The van der Waals surface area contributed by atoms with E-state index in [-0.39, 0.29) is 11.5 Å². The number of nitrogens with zero attached hydrogens (tertiary/aromatic N) is 2. The van der Waals surface area contributed by atoms with Gasteiger partial charge in [-0.05, 0) is 50.8 Å². The maximum absolute atomic E-state index is 12.7. The molecule has 0 saturated carbocycles. The number of rotatable bonds is 4. The van der Waals surface area contributed by atoms with Crippen molar-refractivity contribution in [2.45, 2.75) is 51.8 Å². The van der Waals surface area contributed by atoms with Crippen molar-refractivity contribution in [3.05, 3.63) is 45.6 Å². The topological polar surface area (TPSA) is 52.9 Å². The van der Waals surface area contributed by atoms with Crippen LogP contribution >= 0.6 is 0 Å². The number of ether oxygens (including phenoxy) is 3. The van der Waals surface area contributed by atoms with Gasteiger partial charge < -0.3 is 23.7 Å². The fourth-order valence-corrected chi connectivity index (χ4v) is 4.97. The molecule has 6 nitrogen and oxygen atoms in total. The zero-order valence-corrected chi connectivity index (χ0v) is 17.9. The molecule has 4 heterocycles. The lowest BCUT2D eigenvalue weighted by Gasteiger charge is -2.30. The maximum atomic E-state index is 12.7. The van der Waals surface area contributed by atoms with Gasteiger partial charge in [0, 0.05) is 42.0 Å². The van der Waals surface area contributed by atoms with Crippen LogP contribution < -0.4 is 15.1 Å². The van der Waals surface area contributed by atoms with E-state index >= 15 is 0 Å². The van der Waals surface area contributed by atoms with Crippen molar-refractivity contribution in [2.75, 3.05) is 37.9 Å². The van der Waals surface area contributed by atoms with Crippen molar-refractivity contribution in [1.82, 2.24) is 4.57 Å². The van der Waals surface area contributed by atoms with Crippen LogP contribution in [0, 0.1) is 6.92 Å². The van der Waals surface area contributed by atoms with E-state index in [1.807, 2.05) is 6.92 Å². The van der Waals surface area contributed by atoms with Gasteiger partial charge in [0.2, 0.25) is 0 Å². The lowest BCUT2D eigenvalue weighted by Crippen LogP contribution is -2.34. The number of hydrogen-bond donors (Lipinski definition) is 0. The van der Waals surface area contributed by atoms with E-state index < -0.39 is 0 Å². The minimum atomic E-state index is -0.0905. The lowest BCUT2D eigenvalue weighted by molar-refractivity contribution is -0.102. The van der Waals surface area contributed by atoms with Gasteiger partial charge in [-0.15, -0.1) is 0 Å². The zero-order chi connectivity index (χ0) is 20.7. The minimum Gasteiger partial charge on any atom is -0.476 e. The third kappa shape index (κ3) is 3.52. The molecule has 6 heteroatoms. The Morgan fingerprint density at radius 3 is 2.87 bits per heavy atom. The molecular formula is C24H30N2O4. The summed E-state index contributed by atoms with van der Waals surface area (Å²) in [5.41, 5.74) is 5.55. The molecule has 0 radical (unpaired) electrons. The Labute approximate surface area is 177 Å². The van der Waals surface area contributed by atoms with Gasteiger partial charge in [0.15, 0.2) is 11.3 Å². The normalized spacial score (nSPS) is 23.2. The van der Waals surface area contributed by atoms with Crippen molar-refractivity contribution in [3.8, 4) is 17.1 Å². The van der Waals surface area contributed by atoms with Crippen molar-refractivity contribution in [1.29, 1.82) is 0 Å². The van der Waals surface area contributed by atoms with Gasteiger partial charge in [-0.1, -0.05) is 6.07 Å². The smallest absolute Gasteiger partial charge is 0.197 e. The van der Waals surface area contributed by atoms with E-state index in [0.717, 1.165) is 36.3 Å². The number of pyridine rings is 1. The van der Waals surface area contributed by atoms with Gasteiger partial charge in [0.05, 0.1) is 25.5 Å². The number of benzene rings is 1. The van der Waals surface area contributed by atoms with Crippen LogP contribution in [0.5, 0.6) is 5.88 Å². The first-order valence-electron chi connectivity index (χ1n) is 11.1. The highest BCUT2D eigenvalue weighted by atomic mass is 16.6. The van der Waals surface area contributed by atoms with Gasteiger partial charge in [-0.25, -0.2) is 0 Å². The van der Waals surface area contributed by atoms with Crippen LogP contribution in [0.1, 0.15) is 30.9 Å². The van der Waals surface area contributed by atoms with Gasteiger partial charge in [-0.3, -0.25) is 4.79 Å². The summed E-state index contributed by atoms with van der Waals surface area (Å²) in [6.45, 7) is 8.29. The highest BCUT2D eigenvalue weighted by Gasteiger charge is 2.26. The number of hydrogen-bond acceptors (Lipinski definition) is 5. The van der Waals surface area contributed by atoms with Crippen LogP contribution in [-0.2, 0) is 22.4 Å². The minimum absolute atomic E-state index is 0.0159. The maximum Gasteiger partial charge on any atom is 0.197 e. The molecule has 0 unspecified atom stereocenters. The molecule has 0 aliphatic carbocycles. The van der Waals surface area contributed by atoms with Crippen molar-refractivity contribution >= 4 is 5.69 Å². The van der Waals surface area contributed by atoms with E-state index in [9.17, 15) is 4.79 Å². The number of aryl methyl sites for hydroxylation is 1. The molecule has 3 aliphatic heterocycles. The Kier molecular flexibility index (Phi) is 5.29. The fourth-order valence-electron chi connectivity index (χ4n) is 4.97. The van der Waals surface area contributed by atoms with Crippen LogP contribution in [0.4, 0.5) is 5.69 Å². The molecule has 0 spiro atoms. The average molecular weight is 411 g/mol. The van der Waals surface area contributed by atoms with Gasteiger partial charge in [0.1, 0.15) is 12.7 Å². The molecular weight excluding hydrogens is 380 g/mol. The highest BCUT2D eigenvalue weighted by molar-refractivity contribution is 5.72.